The van der Waals surface area contributed by atoms with Crippen LogP contribution >= 0.6 is 22.6 Å². The second kappa shape index (κ2) is 6.94. The van der Waals surface area contributed by atoms with Gasteiger partial charge in [0.2, 0.25) is 0 Å². The first-order chi connectivity index (χ1) is 11.0. The second-order valence-corrected chi connectivity index (χ2v) is 7.06. The number of ether oxygens (including phenoxy) is 1. The molecule has 2 aliphatic heterocycles. The zero-order valence-corrected chi connectivity index (χ0v) is 14.9. The molecule has 1 N–H and O–H groups in total. The maximum absolute atomic E-state index is 12.4. The number of benzene rings is 1. The average Bonchev–Trinajstić information content (AvgIpc) is 3.19. The number of carboxylic acids is 1. The Kier molecular flexibility index (Phi) is 4.93. The standard InChI is InChI=1S/C16H19IN2O4/c17-13-9-11(15(20)21)3-4-14(13)23-12-5-8-19(10-12)16(22)18-6-1-2-7-18/h3-4,9,12H,1-2,5-8,10H2,(H,20,21). The van der Waals surface area contributed by atoms with E-state index in [1.807, 2.05) is 9.80 Å². The summed E-state index contributed by atoms with van der Waals surface area (Å²) in [6.45, 7) is 3.01. The minimum Gasteiger partial charge on any atom is -0.487 e. The summed E-state index contributed by atoms with van der Waals surface area (Å²) in [6, 6.07) is 4.95. The van der Waals surface area contributed by atoms with Crippen molar-refractivity contribution in [2.24, 2.45) is 0 Å². The maximum atomic E-state index is 12.4. The van der Waals surface area contributed by atoms with Crippen molar-refractivity contribution in [3.05, 3.63) is 27.3 Å². The summed E-state index contributed by atoms with van der Waals surface area (Å²) in [6.07, 6.45) is 2.95. The molecule has 23 heavy (non-hydrogen) atoms. The van der Waals surface area contributed by atoms with E-state index in [-0.39, 0.29) is 17.7 Å². The molecule has 1 atom stereocenters. The summed E-state index contributed by atoms with van der Waals surface area (Å²) in [4.78, 5) is 27.1. The molecule has 0 aliphatic carbocycles. The number of carbonyl (C=O) groups is 2. The third-order valence-corrected chi connectivity index (χ3v) is 5.11. The molecule has 0 aromatic heterocycles. The molecular formula is C16H19IN2O4. The largest absolute Gasteiger partial charge is 0.487 e. The molecule has 2 aliphatic rings. The zero-order chi connectivity index (χ0) is 16.4. The predicted molar refractivity (Wildman–Crippen MR) is 92.9 cm³/mol. The number of aromatic carboxylic acids is 1. The number of carbonyl (C=O) groups excluding carboxylic acids is 1. The summed E-state index contributed by atoms with van der Waals surface area (Å²) in [7, 11) is 0. The number of carboxylic acid groups (broad SMARTS) is 1. The van der Waals surface area contributed by atoms with Crippen LogP contribution in [0.15, 0.2) is 18.2 Å². The van der Waals surface area contributed by atoms with Crippen molar-refractivity contribution in [3.8, 4) is 5.75 Å². The molecule has 2 heterocycles. The average molecular weight is 430 g/mol. The molecular weight excluding hydrogens is 411 g/mol. The molecule has 7 heteroatoms. The highest BCUT2D eigenvalue weighted by Gasteiger charge is 2.31. The SMILES string of the molecule is O=C(O)c1ccc(OC2CCN(C(=O)N3CCCC3)C2)c(I)c1. The van der Waals surface area contributed by atoms with Crippen LogP contribution in [0.25, 0.3) is 0 Å². The first-order valence-corrected chi connectivity index (χ1v) is 8.86. The van der Waals surface area contributed by atoms with Crippen molar-refractivity contribution in [1.82, 2.24) is 9.80 Å². The van der Waals surface area contributed by atoms with E-state index >= 15 is 0 Å². The van der Waals surface area contributed by atoms with Crippen LogP contribution in [0, 0.1) is 3.57 Å². The van der Waals surface area contributed by atoms with Gasteiger partial charge in [0.25, 0.3) is 0 Å². The molecule has 2 amide bonds. The summed E-state index contributed by atoms with van der Waals surface area (Å²) >= 11 is 2.08. The Labute approximate surface area is 148 Å². The fraction of sp³-hybridized carbons (Fsp3) is 0.500. The third-order valence-electron chi connectivity index (χ3n) is 4.26. The molecule has 6 nitrogen and oxygen atoms in total. The molecule has 0 saturated carbocycles. The smallest absolute Gasteiger partial charge is 0.335 e. The molecule has 0 bridgehead atoms. The monoisotopic (exact) mass is 430 g/mol. The van der Waals surface area contributed by atoms with E-state index in [2.05, 4.69) is 22.6 Å². The van der Waals surface area contributed by atoms with Crippen LogP contribution in [0.4, 0.5) is 4.79 Å². The number of rotatable bonds is 3. The highest BCUT2D eigenvalue weighted by Crippen LogP contribution is 2.26. The van der Waals surface area contributed by atoms with Gasteiger partial charge in [-0.25, -0.2) is 9.59 Å². The Morgan fingerprint density at radius 1 is 1.17 bits per heavy atom. The molecule has 124 valence electrons. The molecule has 0 spiro atoms. The van der Waals surface area contributed by atoms with E-state index in [0.29, 0.717) is 18.8 Å². The number of halogens is 1. The molecule has 1 aromatic carbocycles. The van der Waals surface area contributed by atoms with Gasteiger partial charge in [0.1, 0.15) is 11.9 Å². The normalized spacial score (nSPS) is 20.8. The number of likely N-dealkylation sites (tertiary alicyclic amines) is 2. The van der Waals surface area contributed by atoms with Crippen LogP contribution in [-0.4, -0.2) is 59.2 Å². The van der Waals surface area contributed by atoms with E-state index in [9.17, 15) is 9.59 Å². The molecule has 2 saturated heterocycles. The molecule has 2 fully saturated rings. The Balaban J connectivity index is 1.59. The Hall–Kier alpha value is -1.51. The highest BCUT2D eigenvalue weighted by molar-refractivity contribution is 14.1. The lowest BCUT2D eigenvalue weighted by molar-refractivity contribution is 0.0696. The Bertz CT molecular complexity index is 616. The maximum Gasteiger partial charge on any atom is 0.335 e. The topological polar surface area (TPSA) is 70.1 Å². The summed E-state index contributed by atoms with van der Waals surface area (Å²) < 4.78 is 6.74. The number of hydrogen-bond acceptors (Lipinski definition) is 3. The first-order valence-electron chi connectivity index (χ1n) is 7.78. The number of urea groups is 1. The van der Waals surface area contributed by atoms with Gasteiger partial charge in [0, 0.05) is 26.1 Å². The lowest BCUT2D eigenvalue weighted by Crippen LogP contribution is -2.41. The van der Waals surface area contributed by atoms with Gasteiger partial charge >= 0.3 is 12.0 Å². The van der Waals surface area contributed by atoms with Crippen molar-refractivity contribution in [2.45, 2.75) is 25.4 Å². The summed E-state index contributed by atoms with van der Waals surface area (Å²) in [5, 5.41) is 8.99. The predicted octanol–water partition coefficient (Wildman–Crippen LogP) is 2.66. The van der Waals surface area contributed by atoms with Crippen LogP contribution in [-0.2, 0) is 0 Å². The van der Waals surface area contributed by atoms with E-state index in [0.717, 1.165) is 35.9 Å². The second-order valence-electron chi connectivity index (χ2n) is 5.90. The first kappa shape index (κ1) is 16.4. The lowest BCUT2D eigenvalue weighted by atomic mass is 10.2. The van der Waals surface area contributed by atoms with Gasteiger partial charge in [-0.1, -0.05) is 0 Å². The van der Waals surface area contributed by atoms with E-state index < -0.39 is 5.97 Å². The van der Waals surface area contributed by atoms with Gasteiger partial charge in [-0.05, 0) is 53.6 Å². The quantitative estimate of drug-likeness (QED) is 0.749. The van der Waals surface area contributed by atoms with Crippen molar-refractivity contribution in [1.29, 1.82) is 0 Å². The molecule has 0 radical (unpaired) electrons. The third kappa shape index (κ3) is 3.70. The summed E-state index contributed by atoms with van der Waals surface area (Å²) in [5.74, 6) is -0.270. The minimum absolute atomic E-state index is 0.0363. The van der Waals surface area contributed by atoms with E-state index in [1.54, 1.807) is 18.2 Å². The van der Waals surface area contributed by atoms with Crippen LogP contribution in [0.5, 0.6) is 5.75 Å². The van der Waals surface area contributed by atoms with Crippen LogP contribution in [0.3, 0.4) is 0 Å². The van der Waals surface area contributed by atoms with Crippen molar-refractivity contribution in [3.63, 3.8) is 0 Å². The Morgan fingerprint density at radius 2 is 1.91 bits per heavy atom. The van der Waals surface area contributed by atoms with Crippen molar-refractivity contribution in [2.75, 3.05) is 26.2 Å². The van der Waals surface area contributed by atoms with Gasteiger partial charge in [-0.3, -0.25) is 0 Å². The Morgan fingerprint density at radius 3 is 2.57 bits per heavy atom. The number of nitrogens with zero attached hydrogens (tertiary/aromatic N) is 2. The van der Waals surface area contributed by atoms with Crippen molar-refractivity contribution >= 4 is 34.6 Å². The lowest BCUT2D eigenvalue weighted by Gasteiger charge is -2.24. The minimum atomic E-state index is -0.947. The molecule has 1 unspecified atom stereocenters. The fourth-order valence-corrected chi connectivity index (χ4v) is 3.66. The van der Waals surface area contributed by atoms with Gasteiger partial charge in [0.15, 0.2) is 0 Å². The molecule has 3 rings (SSSR count). The van der Waals surface area contributed by atoms with Gasteiger partial charge in [0.05, 0.1) is 15.7 Å². The fourth-order valence-electron chi connectivity index (χ4n) is 3.02. The highest BCUT2D eigenvalue weighted by atomic mass is 127. The van der Waals surface area contributed by atoms with Crippen LogP contribution in [0.2, 0.25) is 0 Å². The van der Waals surface area contributed by atoms with Crippen molar-refractivity contribution < 1.29 is 19.4 Å². The number of amides is 2. The van der Waals surface area contributed by atoms with Gasteiger partial charge in [-0.15, -0.1) is 0 Å². The van der Waals surface area contributed by atoms with E-state index in [1.165, 1.54) is 0 Å². The van der Waals surface area contributed by atoms with Crippen LogP contribution in [0.1, 0.15) is 29.6 Å². The molecule has 1 aromatic rings. The van der Waals surface area contributed by atoms with E-state index in [4.69, 9.17) is 9.84 Å². The summed E-state index contributed by atoms with van der Waals surface area (Å²) in [5.41, 5.74) is 0.249. The number of hydrogen-bond donors (Lipinski definition) is 1. The van der Waals surface area contributed by atoms with Crippen LogP contribution < -0.4 is 4.74 Å². The zero-order valence-electron chi connectivity index (χ0n) is 12.7. The van der Waals surface area contributed by atoms with Gasteiger partial charge in [-0.2, -0.15) is 0 Å². The van der Waals surface area contributed by atoms with Gasteiger partial charge < -0.3 is 19.6 Å².